The van der Waals surface area contributed by atoms with E-state index >= 15 is 0 Å². The van der Waals surface area contributed by atoms with Crippen LogP contribution in [0.3, 0.4) is 0 Å². The maximum atomic E-state index is 12.6. The average Bonchev–Trinajstić information content (AvgIpc) is 2.53. The number of hydrogen-bond donors (Lipinski definition) is 1. The lowest BCUT2D eigenvalue weighted by Gasteiger charge is -2.39. The summed E-state index contributed by atoms with van der Waals surface area (Å²) in [6.07, 6.45) is 1.47. The van der Waals surface area contributed by atoms with Crippen LogP contribution in [0.25, 0.3) is 0 Å². The summed E-state index contributed by atoms with van der Waals surface area (Å²) in [6, 6.07) is -0.0990. The average molecular weight is 253 g/mol. The molecule has 2 rings (SSSR count). The highest BCUT2D eigenvalue weighted by atomic mass is 16.2. The third-order valence-electron chi connectivity index (χ3n) is 3.92. The number of nitrogens with one attached hydrogen (secondary N) is 1. The summed E-state index contributed by atoms with van der Waals surface area (Å²) in [5.74, 6) is 0.391. The third kappa shape index (κ3) is 1.90. The van der Waals surface area contributed by atoms with Gasteiger partial charge in [-0.25, -0.2) is 4.79 Å². The van der Waals surface area contributed by atoms with Gasteiger partial charge in [-0.1, -0.05) is 13.8 Å². The van der Waals surface area contributed by atoms with Crippen molar-refractivity contribution in [2.75, 3.05) is 26.2 Å². The minimum atomic E-state index is -0.567. The fraction of sp³-hybridized carbons (Fsp3) is 0.846. The highest BCUT2D eigenvalue weighted by Gasteiger charge is 2.56. The molecule has 18 heavy (non-hydrogen) atoms. The van der Waals surface area contributed by atoms with Crippen molar-refractivity contribution in [2.45, 2.75) is 39.2 Å². The number of imide groups is 1. The predicted octanol–water partition coefficient (Wildman–Crippen LogP) is 1.05. The van der Waals surface area contributed by atoms with Crippen LogP contribution in [-0.2, 0) is 4.79 Å². The van der Waals surface area contributed by atoms with E-state index in [9.17, 15) is 9.59 Å². The standard InChI is InChI=1S/C13H23N3O2/c1-4-15-11(17)13(5-7-14-8-6-13)16(12(15)18)9-10(2)3/h10,14H,4-9H2,1-3H3. The quantitative estimate of drug-likeness (QED) is 0.765. The van der Waals surface area contributed by atoms with Gasteiger partial charge in [-0.3, -0.25) is 9.69 Å². The highest BCUT2D eigenvalue weighted by molar-refractivity contribution is 6.07. The van der Waals surface area contributed by atoms with E-state index in [1.807, 2.05) is 11.8 Å². The largest absolute Gasteiger partial charge is 0.327 e. The van der Waals surface area contributed by atoms with E-state index in [-0.39, 0.29) is 11.9 Å². The Kier molecular flexibility index (Phi) is 3.61. The summed E-state index contributed by atoms with van der Waals surface area (Å²) in [6.45, 7) is 8.80. The molecule has 0 radical (unpaired) electrons. The number of amides is 3. The summed E-state index contributed by atoms with van der Waals surface area (Å²) in [4.78, 5) is 28.2. The summed E-state index contributed by atoms with van der Waals surface area (Å²) in [5, 5.41) is 3.27. The van der Waals surface area contributed by atoms with E-state index in [0.29, 0.717) is 19.0 Å². The van der Waals surface area contributed by atoms with Gasteiger partial charge >= 0.3 is 6.03 Å². The predicted molar refractivity (Wildman–Crippen MR) is 69.2 cm³/mol. The SMILES string of the molecule is CCN1C(=O)N(CC(C)C)C2(CCNCC2)C1=O. The molecule has 0 aromatic heterocycles. The van der Waals surface area contributed by atoms with Crippen LogP contribution in [0.15, 0.2) is 0 Å². The molecule has 2 fully saturated rings. The molecule has 5 heteroatoms. The van der Waals surface area contributed by atoms with Crippen molar-refractivity contribution in [1.82, 2.24) is 15.1 Å². The Labute approximate surface area is 108 Å². The Bertz CT molecular complexity index is 348. The molecule has 5 nitrogen and oxygen atoms in total. The van der Waals surface area contributed by atoms with Gasteiger partial charge in [0, 0.05) is 13.1 Å². The monoisotopic (exact) mass is 253 g/mol. The molecule has 0 bridgehead atoms. The van der Waals surface area contributed by atoms with Crippen LogP contribution in [0.5, 0.6) is 0 Å². The van der Waals surface area contributed by atoms with Crippen LogP contribution in [-0.4, -0.2) is 53.5 Å². The van der Waals surface area contributed by atoms with Crippen LogP contribution in [0.2, 0.25) is 0 Å². The number of nitrogens with zero attached hydrogens (tertiary/aromatic N) is 2. The minimum absolute atomic E-state index is 0.0113. The first-order valence-corrected chi connectivity index (χ1v) is 6.87. The molecule has 1 spiro atoms. The summed E-state index contributed by atoms with van der Waals surface area (Å²) in [5.41, 5.74) is -0.567. The fourth-order valence-corrected chi connectivity index (χ4v) is 3.00. The first-order valence-electron chi connectivity index (χ1n) is 6.87. The zero-order valence-corrected chi connectivity index (χ0v) is 11.5. The van der Waals surface area contributed by atoms with Gasteiger partial charge in [-0.2, -0.15) is 0 Å². The molecule has 1 N–H and O–H groups in total. The zero-order valence-electron chi connectivity index (χ0n) is 11.5. The van der Waals surface area contributed by atoms with Crippen LogP contribution < -0.4 is 5.32 Å². The number of rotatable bonds is 3. The second-order valence-corrected chi connectivity index (χ2v) is 5.62. The normalized spacial score (nSPS) is 23.6. The molecule has 0 aromatic rings. The Balaban J connectivity index is 2.32. The second kappa shape index (κ2) is 4.88. The molecule has 2 aliphatic rings. The minimum Gasteiger partial charge on any atom is -0.317 e. The Hall–Kier alpha value is -1.10. The van der Waals surface area contributed by atoms with Gasteiger partial charge in [0.2, 0.25) is 0 Å². The topological polar surface area (TPSA) is 52.7 Å². The molecular weight excluding hydrogens is 230 g/mol. The Morgan fingerprint density at radius 1 is 1.28 bits per heavy atom. The number of piperidine rings is 1. The van der Waals surface area contributed by atoms with Crippen molar-refractivity contribution in [1.29, 1.82) is 0 Å². The van der Waals surface area contributed by atoms with Crippen LogP contribution in [0.1, 0.15) is 33.6 Å². The van der Waals surface area contributed by atoms with Gasteiger partial charge in [-0.15, -0.1) is 0 Å². The molecule has 0 aromatic carbocycles. The van der Waals surface area contributed by atoms with Crippen molar-refractivity contribution in [3.63, 3.8) is 0 Å². The molecule has 0 atom stereocenters. The van der Waals surface area contributed by atoms with E-state index in [4.69, 9.17) is 0 Å². The van der Waals surface area contributed by atoms with Crippen molar-refractivity contribution in [3.05, 3.63) is 0 Å². The number of carbonyl (C=O) groups excluding carboxylic acids is 2. The van der Waals surface area contributed by atoms with Crippen molar-refractivity contribution < 1.29 is 9.59 Å². The molecule has 3 amide bonds. The zero-order chi connectivity index (χ0) is 13.3. The van der Waals surface area contributed by atoms with Crippen LogP contribution in [0, 0.1) is 5.92 Å². The summed E-state index contributed by atoms with van der Waals surface area (Å²) >= 11 is 0. The highest BCUT2D eigenvalue weighted by Crippen LogP contribution is 2.35. The lowest BCUT2D eigenvalue weighted by atomic mass is 9.86. The third-order valence-corrected chi connectivity index (χ3v) is 3.92. The molecule has 0 saturated carbocycles. The van der Waals surface area contributed by atoms with Gasteiger partial charge in [0.15, 0.2) is 0 Å². The van der Waals surface area contributed by atoms with Crippen molar-refractivity contribution in [2.24, 2.45) is 5.92 Å². The lowest BCUT2D eigenvalue weighted by Crippen LogP contribution is -2.56. The first kappa shape index (κ1) is 13.3. The number of urea groups is 1. The molecule has 2 saturated heterocycles. The molecular formula is C13H23N3O2. The number of likely N-dealkylation sites (N-methyl/N-ethyl adjacent to an activating group) is 1. The van der Waals surface area contributed by atoms with Gasteiger partial charge in [0.1, 0.15) is 5.54 Å². The molecule has 102 valence electrons. The maximum Gasteiger partial charge on any atom is 0.327 e. The maximum absolute atomic E-state index is 12.6. The number of carbonyl (C=O) groups is 2. The smallest absolute Gasteiger partial charge is 0.317 e. The molecule has 0 unspecified atom stereocenters. The van der Waals surface area contributed by atoms with E-state index in [2.05, 4.69) is 19.2 Å². The van der Waals surface area contributed by atoms with E-state index in [1.54, 1.807) is 0 Å². The van der Waals surface area contributed by atoms with E-state index in [1.165, 1.54) is 4.90 Å². The Morgan fingerprint density at radius 3 is 2.39 bits per heavy atom. The van der Waals surface area contributed by atoms with E-state index in [0.717, 1.165) is 25.9 Å². The Morgan fingerprint density at radius 2 is 1.89 bits per heavy atom. The van der Waals surface area contributed by atoms with Crippen molar-refractivity contribution in [3.8, 4) is 0 Å². The first-order chi connectivity index (χ1) is 8.53. The second-order valence-electron chi connectivity index (χ2n) is 5.62. The lowest BCUT2D eigenvalue weighted by molar-refractivity contribution is -0.134. The molecule has 2 aliphatic heterocycles. The summed E-state index contributed by atoms with van der Waals surface area (Å²) in [7, 11) is 0. The fourth-order valence-electron chi connectivity index (χ4n) is 3.00. The van der Waals surface area contributed by atoms with Crippen LogP contribution in [0.4, 0.5) is 4.79 Å². The summed E-state index contributed by atoms with van der Waals surface area (Å²) < 4.78 is 0. The van der Waals surface area contributed by atoms with Gasteiger partial charge in [0.05, 0.1) is 0 Å². The molecule has 0 aliphatic carbocycles. The van der Waals surface area contributed by atoms with Crippen LogP contribution >= 0.6 is 0 Å². The van der Waals surface area contributed by atoms with Crippen molar-refractivity contribution >= 4 is 11.9 Å². The molecule has 2 heterocycles. The van der Waals surface area contributed by atoms with E-state index < -0.39 is 5.54 Å². The van der Waals surface area contributed by atoms with Gasteiger partial charge in [0.25, 0.3) is 5.91 Å². The van der Waals surface area contributed by atoms with Gasteiger partial charge < -0.3 is 10.2 Å². The van der Waals surface area contributed by atoms with Gasteiger partial charge in [-0.05, 0) is 38.8 Å². The number of hydrogen-bond acceptors (Lipinski definition) is 3.